The van der Waals surface area contributed by atoms with Gasteiger partial charge in [-0.05, 0) is 57.8 Å². The highest BCUT2D eigenvalue weighted by Gasteiger charge is 2.19. The molecule has 0 radical (unpaired) electrons. The molecule has 0 bridgehead atoms. The van der Waals surface area contributed by atoms with Gasteiger partial charge in [0.25, 0.3) is 0 Å². The van der Waals surface area contributed by atoms with Gasteiger partial charge in [-0.1, -0.05) is 263 Å². The van der Waals surface area contributed by atoms with Gasteiger partial charge in [-0.25, -0.2) is 0 Å². The molecule has 65 heavy (non-hydrogen) atoms. The van der Waals surface area contributed by atoms with Crippen LogP contribution in [0, 0.1) is 0 Å². The number of ether oxygens (including phenoxy) is 3. The lowest BCUT2D eigenvalue weighted by molar-refractivity contribution is -0.167. The van der Waals surface area contributed by atoms with E-state index in [9.17, 15) is 14.4 Å². The average Bonchev–Trinajstić information content (AvgIpc) is 3.30. The summed E-state index contributed by atoms with van der Waals surface area (Å²) in [5, 5.41) is 0. The summed E-state index contributed by atoms with van der Waals surface area (Å²) < 4.78 is 16.9. The van der Waals surface area contributed by atoms with E-state index in [4.69, 9.17) is 14.2 Å². The van der Waals surface area contributed by atoms with Crippen molar-refractivity contribution in [2.24, 2.45) is 0 Å². The smallest absolute Gasteiger partial charge is 0.306 e. The zero-order chi connectivity index (χ0) is 47.2. The Kier molecular flexibility index (Phi) is 52.3. The zero-order valence-electron chi connectivity index (χ0n) is 43.5. The molecular weight excluding hydrogens is 805 g/mol. The lowest BCUT2D eigenvalue weighted by Gasteiger charge is -2.18. The molecule has 0 fully saturated rings. The molecule has 0 aromatic heterocycles. The topological polar surface area (TPSA) is 78.9 Å². The van der Waals surface area contributed by atoms with E-state index in [0.29, 0.717) is 19.3 Å². The molecule has 0 aromatic carbocycles. The Morgan fingerprint density at radius 2 is 0.554 bits per heavy atom. The second-order valence-electron chi connectivity index (χ2n) is 19.2. The van der Waals surface area contributed by atoms with Gasteiger partial charge < -0.3 is 14.2 Å². The first-order valence-corrected chi connectivity index (χ1v) is 28.5. The van der Waals surface area contributed by atoms with Crippen molar-refractivity contribution in [3.63, 3.8) is 0 Å². The van der Waals surface area contributed by atoms with Gasteiger partial charge in [0.2, 0.25) is 0 Å². The standard InChI is InChI=1S/C59H108O6/c1-4-7-10-13-16-19-22-25-28-29-32-34-37-40-43-46-49-52-58(61)64-55-56(65-59(62)53-50-47-44-41-38-35-31-27-24-21-18-15-12-9-6-3)54-63-57(60)51-48-45-42-39-36-33-30-26-23-20-17-14-11-8-5-2/h16,19,25,28,32,34,56H,4-15,17-18,20-24,26-27,29-31,33,35-55H2,1-3H3/b19-16-,28-25-,34-32-/t56-/m1/s1. The summed E-state index contributed by atoms with van der Waals surface area (Å²) in [6, 6.07) is 0. The molecule has 0 saturated heterocycles. The number of allylic oxidation sites excluding steroid dienone is 6. The quantitative estimate of drug-likeness (QED) is 0.0262. The molecule has 380 valence electrons. The summed E-state index contributed by atoms with van der Waals surface area (Å²) in [5.41, 5.74) is 0. The van der Waals surface area contributed by atoms with Gasteiger partial charge >= 0.3 is 17.9 Å². The molecule has 0 aliphatic rings. The molecule has 0 unspecified atom stereocenters. The first-order chi connectivity index (χ1) is 32.0. The van der Waals surface area contributed by atoms with Crippen LogP contribution in [0.5, 0.6) is 0 Å². The van der Waals surface area contributed by atoms with Gasteiger partial charge in [0, 0.05) is 19.3 Å². The lowest BCUT2D eigenvalue weighted by Crippen LogP contribution is -2.30. The van der Waals surface area contributed by atoms with Crippen LogP contribution >= 0.6 is 0 Å². The Bertz CT molecular complexity index is 1090. The first kappa shape index (κ1) is 62.6. The molecule has 0 aromatic rings. The molecule has 1 atom stereocenters. The Labute approximate surface area is 404 Å². The van der Waals surface area contributed by atoms with E-state index in [2.05, 4.69) is 57.2 Å². The van der Waals surface area contributed by atoms with Crippen molar-refractivity contribution in [2.75, 3.05) is 13.2 Å². The van der Waals surface area contributed by atoms with Crippen LogP contribution in [0.2, 0.25) is 0 Å². The van der Waals surface area contributed by atoms with E-state index in [-0.39, 0.29) is 31.1 Å². The van der Waals surface area contributed by atoms with E-state index in [1.54, 1.807) is 0 Å². The number of carbonyl (C=O) groups is 3. The van der Waals surface area contributed by atoms with E-state index in [0.717, 1.165) is 83.5 Å². The summed E-state index contributed by atoms with van der Waals surface area (Å²) in [5.74, 6) is -0.878. The Balaban J connectivity index is 4.37. The van der Waals surface area contributed by atoms with Crippen molar-refractivity contribution >= 4 is 17.9 Å². The highest BCUT2D eigenvalue weighted by molar-refractivity contribution is 5.71. The van der Waals surface area contributed by atoms with Gasteiger partial charge in [0.05, 0.1) is 0 Å². The number of hydrogen-bond acceptors (Lipinski definition) is 6. The predicted octanol–water partition coefficient (Wildman–Crippen LogP) is 18.9. The molecule has 0 saturated carbocycles. The molecule has 6 nitrogen and oxygen atoms in total. The first-order valence-electron chi connectivity index (χ1n) is 28.5. The Hall–Kier alpha value is -2.37. The van der Waals surface area contributed by atoms with E-state index in [1.807, 2.05) is 0 Å². The largest absolute Gasteiger partial charge is 0.462 e. The van der Waals surface area contributed by atoms with Crippen LogP contribution in [0.3, 0.4) is 0 Å². The monoisotopic (exact) mass is 913 g/mol. The molecule has 6 heteroatoms. The Morgan fingerprint density at radius 3 is 0.892 bits per heavy atom. The fourth-order valence-corrected chi connectivity index (χ4v) is 8.33. The molecule has 0 rings (SSSR count). The van der Waals surface area contributed by atoms with Crippen LogP contribution in [-0.2, 0) is 28.6 Å². The van der Waals surface area contributed by atoms with Gasteiger partial charge in [0.15, 0.2) is 6.10 Å². The molecule has 0 N–H and O–H groups in total. The summed E-state index contributed by atoms with van der Waals surface area (Å²) in [6.45, 7) is 6.63. The van der Waals surface area contributed by atoms with Crippen molar-refractivity contribution in [3.05, 3.63) is 36.5 Å². The Morgan fingerprint density at radius 1 is 0.308 bits per heavy atom. The molecular formula is C59H108O6. The van der Waals surface area contributed by atoms with Gasteiger partial charge in [-0.2, -0.15) is 0 Å². The van der Waals surface area contributed by atoms with Gasteiger partial charge in [0.1, 0.15) is 13.2 Å². The summed E-state index contributed by atoms with van der Waals surface area (Å²) in [6.07, 6.45) is 64.1. The van der Waals surface area contributed by atoms with Crippen molar-refractivity contribution in [3.8, 4) is 0 Å². The van der Waals surface area contributed by atoms with Crippen LogP contribution < -0.4 is 0 Å². The van der Waals surface area contributed by atoms with Crippen LogP contribution in [-0.4, -0.2) is 37.2 Å². The molecule has 0 spiro atoms. The summed E-state index contributed by atoms with van der Waals surface area (Å²) in [4.78, 5) is 38.1. The maximum atomic E-state index is 12.8. The zero-order valence-corrected chi connectivity index (χ0v) is 43.5. The van der Waals surface area contributed by atoms with Crippen molar-refractivity contribution < 1.29 is 28.6 Å². The molecule has 0 heterocycles. The predicted molar refractivity (Wildman–Crippen MR) is 279 cm³/mol. The number of rotatable bonds is 52. The maximum absolute atomic E-state index is 12.8. The number of unbranched alkanes of at least 4 members (excludes halogenated alkanes) is 35. The summed E-state index contributed by atoms with van der Waals surface area (Å²) in [7, 11) is 0. The van der Waals surface area contributed by atoms with Crippen molar-refractivity contribution in [2.45, 2.75) is 309 Å². The van der Waals surface area contributed by atoms with E-state index in [1.165, 1.54) is 180 Å². The minimum Gasteiger partial charge on any atom is -0.462 e. The third kappa shape index (κ3) is 52.5. The maximum Gasteiger partial charge on any atom is 0.306 e. The summed E-state index contributed by atoms with van der Waals surface area (Å²) >= 11 is 0. The van der Waals surface area contributed by atoms with E-state index < -0.39 is 6.10 Å². The normalized spacial score (nSPS) is 12.2. The number of hydrogen-bond donors (Lipinski definition) is 0. The second-order valence-corrected chi connectivity index (χ2v) is 19.2. The minimum atomic E-state index is -0.776. The SMILES string of the molecule is CCCCC/C=C\C/C=C\C/C=C\CCCCCCC(=O)OC[C@@H](COC(=O)CCCCCCCCCCCCCCCCC)OC(=O)CCCCCCCCCCCCCCCCC. The van der Waals surface area contributed by atoms with E-state index >= 15 is 0 Å². The van der Waals surface area contributed by atoms with Crippen molar-refractivity contribution in [1.82, 2.24) is 0 Å². The molecule has 0 amide bonds. The lowest BCUT2D eigenvalue weighted by atomic mass is 10.0. The third-order valence-electron chi connectivity index (χ3n) is 12.6. The van der Waals surface area contributed by atoms with Gasteiger partial charge in [-0.3, -0.25) is 14.4 Å². The second kappa shape index (κ2) is 54.2. The number of carbonyl (C=O) groups excluding carboxylic acids is 3. The van der Waals surface area contributed by atoms with Crippen molar-refractivity contribution in [1.29, 1.82) is 0 Å². The van der Waals surface area contributed by atoms with Crippen LogP contribution in [0.4, 0.5) is 0 Å². The fourth-order valence-electron chi connectivity index (χ4n) is 8.33. The van der Waals surface area contributed by atoms with Crippen LogP contribution in [0.1, 0.15) is 303 Å². The van der Waals surface area contributed by atoms with Gasteiger partial charge in [-0.15, -0.1) is 0 Å². The highest BCUT2D eigenvalue weighted by atomic mass is 16.6. The minimum absolute atomic E-state index is 0.0745. The number of esters is 3. The van der Waals surface area contributed by atoms with Crippen LogP contribution in [0.15, 0.2) is 36.5 Å². The third-order valence-corrected chi connectivity index (χ3v) is 12.6. The fraction of sp³-hybridized carbons (Fsp3) is 0.847. The highest BCUT2D eigenvalue weighted by Crippen LogP contribution is 2.17. The molecule has 0 aliphatic heterocycles. The molecule has 0 aliphatic carbocycles. The average molecular weight is 914 g/mol. The van der Waals surface area contributed by atoms with Crippen LogP contribution in [0.25, 0.3) is 0 Å².